The quantitative estimate of drug-likeness (QED) is 0.462. The van der Waals surface area contributed by atoms with E-state index in [-0.39, 0.29) is 17.2 Å². The number of rotatable bonds is 4. The summed E-state index contributed by atoms with van der Waals surface area (Å²) >= 11 is 12.3. The second-order valence-corrected chi connectivity index (χ2v) is 10.1. The van der Waals surface area contributed by atoms with Crippen molar-refractivity contribution < 1.29 is 9.50 Å². The number of nitrogens with zero attached hydrogens (tertiary/aromatic N) is 2. The third-order valence-electron chi connectivity index (χ3n) is 7.17. The van der Waals surface area contributed by atoms with E-state index in [1.54, 1.807) is 18.2 Å². The Bertz CT molecular complexity index is 1170. The summed E-state index contributed by atoms with van der Waals surface area (Å²) in [5, 5.41) is 17.1. The SMILES string of the molecule is C[C@]12Cc3cnn(-c4ccc(F)cc4)c3C=C1CCC[C@@H]2[C@@H](O)Cc1cc(Cl)cc(Cl)c1. The number of fused-ring (bicyclic) bond motifs is 2. The van der Waals surface area contributed by atoms with Gasteiger partial charge in [0, 0.05) is 10.0 Å². The smallest absolute Gasteiger partial charge is 0.123 e. The van der Waals surface area contributed by atoms with Crippen LogP contribution in [0.4, 0.5) is 4.39 Å². The molecule has 0 spiro atoms. The highest BCUT2D eigenvalue weighted by atomic mass is 35.5. The largest absolute Gasteiger partial charge is 0.392 e. The first-order valence-electron chi connectivity index (χ1n) is 11.0. The monoisotopic (exact) mass is 470 g/mol. The lowest BCUT2D eigenvalue weighted by Crippen LogP contribution is -2.43. The molecule has 2 aliphatic carbocycles. The van der Waals surface area contributed by atoms with Gasteiger partial charge in [0.05, 0.1) is 23.7 Å². The molecule has 32 heavy (non-hydrogen) atoms. The topological polar surface area (TPSA) is 38.0 Å². The molecule has 0 aliphatic heterocycles. The van der Waals surface area contributed by atoms with Gasteiger partial charge in [0.25, 0.3) is 0 Å². The summed E-state index contributed by atoms with van der Waals surface area (Å²) in [4.78, 5) is 0. The predicted molar refractivity (Wildman–Crippen MR) is 127 cm³/mol. The molecular formula is C26H25Cl2FN2O. The Morgan fingerprint density at radius 1 is 1.19 bits per heavy atom. The van der Waals surface area contributed by atoms with Crippen LogP contribution in [0.1, 0.15) is 43.0 Å². The molecule has 3 aromatic rings. The Hall–Kier alpha value is -2.14. The number of benzene rings is 2. The second-order valence-electron chi connectivity index (χ2n) is 9.25. The van der Waals surface area contributed by atoms with E-state index >= 15 is 0 Å². The van der Waals surface area contributed by atoms with Crippen molar-refractivity contribution >= 4 is 29.3 Å². The fourth-order valence-corrected chi connectivity index (χ4v) is 6.17. The lowest BCUT2D eigenvalue weighted by Gasteiger charge is -2.47. The van der Waals surface area contributed by atoms with Gasteiger partial charge < -0.3 is 5.11 Å². The Labute approximate surface area is 197 Å². The molecule has 1 fully saturated rings. The number of halogens is 3. The normalized spacial score (nSPS) is 23.3. The van der Waals surface area contributed by atoms with E-state index < -0.39 is 6.10 Å². The number of allylic oxidation sites excluding steroid dienone is 1. The second kappa shape index (κ2) is 8.33. The third kappa shape index (κ3) is 3.89. The molecule has 1 aromatic heterocycles. The number of hydrogen-bond donors (Lipinski definition) is 1. The van der Waals surface area contributed by atoms with E-state index in [2.05, 4.69) is 18.1 Å². The van der Waals surface area contributed by atoms with E-state index in [9.17, 15) is 9.50 Å². The molecule has 166 valence electrons. The summed E-state index contributed by atoms with van der Waals surface area (Å²) in [7, 11) is 0. The molecule has 3 atom stereocenters. The van der Waals surface area contributed by atoms with Gasteiger partial charge in [-0.1, -0.05) is 35.7 Å². The molecule has 1 N–H and O–H groups in total. The fraction of sp³-hybridized carbons (Fsp3) is 0.346. The lowest BCUT2D eigenvalue weighted by atomic mass is 9.58. The zero-order valence-corrected chi connectivity index (χ0v) is 19.4. The van der Waals surface area contributed by atoms with Crippen molar-refractivity contribution in [1.29, 1.82) is 0 Å². The highest BCUT2D eigenvalue weighted by molar-refractivity contribution is 6.34. The molecule has 0 bridgehead atoms. The van der Waals surface area contributed by atoms with Crippen LogP contribution in [0.5, 0.6) is 0 Å². The molecule has 5 rings (SSSR count). The highest BCUT2D eigenvalue weighted by Gasteiger charge is 2.46. The number of aliphatic hydroxyl groups is 1. The Morgan fingerprint density at radius 2 is 1.91 bits per heavy atom. The van der Waals surface area contributed by atoms with Crippen molar-refractivity contribution in [2.45, 2.75) is 45.1 Å². The summed E-state index contributed by atoms with van der Waals surface area (Å²) in [6.07, 6.45) is 8.03. The van der Waals surface area contributed by atoms with Gasteiger partial charge in [-0.05, 0) is 103 Å². The van der Waals surface area contributed by atoms with Crippen molar-refractivity contribution in [3.05, 3.63) is 86.9 Å². The fourth-order valence-electron chi connectivity index (χ4n) is 5.60. The van der Waals surface area contributed by atoms with Crippen LogP contribution < -0.4 is 0 Å². The van der Waals surface area contributed by atoms with Crippen molar-refractivity contribution in [2.24, 2.45) is 11.3 Å². The van der Waals surface area contributed by atoms with Gasteiger partial charge in [-0.15, -0.1) is 0 Å². The first-order chi connectivity index (χ1) is 15.3. The van der Waals surface area contributed by atoms with Crippen molar-refractivity contribution in [2.75, 3.05) is 0 Å². The van der Waals surface area contributed by atoms with Crippen LogP contribution in [0.25, 0.3) is 11.8 Å². The molecule has 2 aliphatic rings. The highest BCUT2D eigenvalue weighted by Crippen LogP contribution is 2.52. The molecule has 6 heteroatoms. The minimum absolute atomic E-state index is 0.127. The summed E-state index contributed by atoms with van der Waals surface area (Å²) in [5.74, 6) is -0.131. The summed E-state index contributed by atoms with van der Waals surface area (Å²) in [6, 6.07) is 11.9. The maximum Gasteiger partial charge on any atom is 0.123 e. The number of aromatic nitrogens is 2. The van der Waals surface area contributed by atoms with E-state index in [0.717, 1.165) is 48.2 Å². The molecule has 3 nitrogen and oxygen atoms in total. The molecular weight excluding hydrogens is 446 g/mol. The summed E-state index contributed by atoms with van der Waals surface area (Å²) in [5.41, 5.74) is 5.23. The zero-order valence-electron chi connectivity index (χ0n) is 17.9. The van der Waals surface area contributed by atoms with Gasteiger partial charge in [-0.2, -0.15) is 5.10 Å². The van der Waals surface area contributed by atoms with Gasteiger partial charge in [0.15, 0.2) is 0 Å². The standard InChI is InChI=1S/C26H25Cl2FN2O/c1-26-14-17-15-30-31(22-7-5-21(29)6-8-22)24(17)12-18(26)3-2-4-23(26)25(32)11-16-9-19(27)13-20(28)10-16/h5-10,12-13,15,23,25,32H,2-4,11,14H2,1H3/t23-,25+,26+/m1/s1. The maximum atomic E-state index is 13.4. The van der Waals surface area contributed by atoms with Gasteiger partial charge >= 0.3 is 0 Å². The van der Waals surface area contributed by atoms with Crippen LogP contribution in [0.2, 0.25) is 10.0 Å². The average molecular weight is 471 g/mol. The minimum atomic E-state index is -0.494. The molecule has 1 heterocycles. The maximum absolute atomic E-state index is 13.4. The van der Waals surface area contributed by atoms with Crippen LogP contribution in [0.15, 0.2) is 54.2 Å². The number of aliphatic hydroxyl groups excluding tert-OH is 1. The van der Waals surface area contributed by atoms with Crippen LogP contribution >= 0.6 is 23.2 Å². The molecule has 1 saturated carbocycles. The first-order valence-corrected chi connectivity index (χ1v) is 11.8. The molecule has 2 aromatic carbocycles. The van der Waals surface area contributed by atoms with Crippen LogP contribution in [-0.2, 0) is 12.8 Å². The van der Waals surface area contributed by atoms with Crippen molar-refractivity contribution in [3.8, 4) is 5.69 Å². The van der Waals surface area contributed by atoms with Gasteiger partial charge in [-0.3, -0.25) is 0 Å². The molecule has 0 saturated heterocycles. The zero-order chi connectivity index (χ0) is 22.5. The molecule has 0 amide bonds. The van der Waals surface area contributed by atoms with E-state index in [4.69, 9.17) is 23.2 Å². The third-order valence-corrected chi connectivity index (χ3v) is 7.61. The molecule has 0 radical (unpaired) electrons. The van der Waals surface area contributed by atoms with Crippen LogP contribution in [-0.4, -0.2) is 21.0 Å². The van der Waals surface area contributed by atoms with Gasteiger partial charge in [-0.25, -0.2) is 9.07 Å². The Kier molecular flexibility index (Phi) is 5.65. The lowest BCUT2D eigenvalue weighted by molar-refractivity contribution is 0.0234. The first kappa shape index (κ1) is 21.7. The van der Waals surface area contributed by atoms with E-state index in [0.29, 0.717) is 16.5 Å². The van der Waals surface area contributed by atoms with Gasteiger partial charge in [0.2, 0.25) is 0 Å². The Morgan fingerprint density at radius 3 is 2.62 bits per heavy atom. The van der Waals surface area contributed by atoms with Crippen LogP contribution in [0.3, 0.4) is 0 Å². The van der Waals surface area contributed by atoms with E-state index in [1.807, 2.05) is 23.0 Å². The summed E-state index contributed by atoms with van der Waals surface area (Å²) < 4.78 is 15.3. The van der Waals surface area contributed by atoms with Crippen molar-refractivity contribution in [1.82, 2.24) is 9.78 Å². The Balaban J connectivity index is 1.45. The average Bonchev–Trinajstić information content (AvgIpc) is 3.13. The van der Waals surface area contributed by atoms with E-state index in [1.165, 1.54) is 17.7 Å². The molecule has 0 unspecified atom stereocenters. The van der Waals surface area contributed by atoms with Crippen LogP contribution in [0, 0.1) is 17.2 Å². The predicted octanol–water partition coefficient (Wildman–Crippen LogP) is 6.67. The van der Waals surface area contributed by atoms with Crippen molar-refractivity contribution in [3.63, 3.8) is 0 Å². The summed E-state index contributed by atoms with van der Waals surface area (Å²) in [6.45, 7) is 2.27. The number of hydrogen-bond acceptors (Lipinski definition) is 2. The van der Waals surface area contributed by atoms with Gasteiger partial charge in [0.1, 0.15) is 5.82 Å². The minimum Gasteiger partial charge on any atom is -0.392 e.